The SMILES string of the molecule is C=C(C)OC(=C)c1ccccc1.CC. The summed E-state index contributed by atoms with van der Waals surface area (Å²) in [5.41, 5.74) is 0.987. The average Bonchev–Trinajstić information content (AvgIpc) is 2.21. The number of hydrogen-bond donors (Lipinski definition) is 0. The van der Waals surface area contributed by atoms with Crippen molar-refractivity contribution in [3.05, 3.63) is 54.8 Å². The largest absolute Gasteiger partial charge is 0.463 e. The Morgan fingerprint density at radius 3 is 2.00 bits per heavy atom. The highest BCUT2D eigenvalue weighted by Gasteiger charge is 1.97. The third-order valence-corrected chi connectivity index (χ3v) is 1.39. The number of ether oxygens (including phenoxy) is 1. The van der Waals surface area contributed by atoms with Crippen LogP contribution in [0.2, 0.25) is 0 Å². The van der Waals surface area contributed by atoms with Crippen LogP contribution in [-0.2, 0) is 4.74 Å². The highest BCUT2D eigenvalue weighted by atomic mass is 16.5. The molecule has 0 fully saturated rings. The van der Waals surface area contributed by atoms with Gasteiger partial charge in [0, 0.05) is 5.56 Å². The topological polar surface area (TPSA) is 9.23 Å². The first-order valence-electron chi connectivity index (χ1n) is 4.78. The van der Waals surface area contributed by atoms with E-state index in [1.165, 1.54) is 0 Å². The van der Waals surface area contributed by atoms with E-state index >= 15 is 0 Å². The van der Waals surface area contributed by atoms with Gasteiger partial charge in [-0.2, -0.15) is 0 Å². The molecule has 1 rings (SSSR count). The molecule has 0 aromatic heterocycles. The Kier molecular flexibility index (Phi) is 6.21. The van der Waals surface area contributed by atoms with E-state index in [1.54, 1.807) is 6.92 Å². The van der Waals surface area contributed by atoms with Crippen LogP contribution in [0.15, 0.2) is 49.2 Å². The molecule has 0 heterocycles. The van der Waals surface area contributed by atoms with E-state index in [1.807, 2.05) is 44.2 Å². The van der Waals surface area contributed by atoms with E-state index in [0.29, 0.717) is 11.5 Å². The van der Waals surface area contributed by atoms with Gasteiger partial charge in [-0.05, 0) is 6.92 Å². The maximum atomic E-state index is 5.25. The molecule has 1 heteroatoms. The predicted molar refractivity (Wildman–Crippen MR) is 62.7 cm³/mol. The Morgan fingerprint density at radius 1 is 1.07 bits per heavy atom. The molecule has 1 nitrogen and oxygen atoms in total. The standard InChI is InChI=1S/C11H12O.C2H6/c1-9(2)12-10(3)11-7-5-4-6-8-11;1-2/h4-8H,1,3H2,2H3;1-2H3. The van der Waals surface area contributed by atoms with Crippen molar-refractivity contribution < 1.29 is 4.74 Å². The van der Waals surface area contributed by atoms with Gasteiger partial charge in [0.1, 0.15) is 5.76 Å². The summed E-state index contributed by atoms with van der Waals surface area (Å²) in [6.45, 7) is 13.2. The first-order valence-corrected chi connectivity index (χ1v) is 4.78. The average molecular weight is 190 g/mol. The zero-order chi connectivity index (χ0) is 11.0. The highest BCUT2D eigenvalue weighted by molar-refractivity contribution is 5.57. The molecular formula is C13H18O. The van der Waals surface area contributed by atoms with Gasteiger partial charge in [0.05, 0.1) is 5.76 Å². The van der Waals surface area contributed by atoms with Crippen LogP contribution < -0.4 is 0 Å². The first-order chi connectivity index (χ1) is 6.70. The van der Waals surface area contributed by atoms with E-state index in [0.717, 1.165) is 5.56 Å². The summed E-state index contributed by atoms with van der Waals surface area (Å²) in [7, 11) is 0. The van der Waals surface area contributed by atoms with Crippen LogP contribution in [0, 0.1) is 0 Å². The van der Waals surface area contributed by atoms with Gasteiger partial charge < -0.3 is 4.74 Å². The normalized spacial score (nSPS) is 8.21. The molecule has 1 aromatic rings. The maximum absolute atomic E-state index is 5.25. The van der Waals surface area contributed by atoms with Crippen LogP contribution in [-0.4, -0.2) is 0 Å². The number of rotatable bonds is 3. The van der Waals surface area contributed by atoms with E-state index in [-0.39, 0.29) is 0 Å². The molecule has 1 aromatic carbocycles. The second kappa shape index (κ2) is 6.96. The molecule has 0 saturated heterocycles. The fraction of sp³-hybridized carbons (Fsp3) is 0.231. The summed E-state index contributed by atoms with van der Waals surface area (Å²) < 4.78 is 5.25. The van der Waals surface area contributed by atoms with Crippen molar-refractivity contribution in [1.29, 1.82) is 0 Å². The third kappa shape index (κ3) is 4.51. The van der Waals surface area contributed by atoms with Crippen LogP contribution in [0.3, 0.4) is 0 Å². The first kappa shape index (κ1) is 12.5. The molecule has 0 aliphatic rings. The molecule has 0 aliphatic heterocycles. The number of benzene rings is 1. The Bertz CT molecular complexity index is 285. The molecular weight excluding hydrogens is 172 g/mol. The molecule has 0 atom stereocenters. The van der Waals surface area contributed by atoms with Crippen molar-refractivity contribution in [1.82, 2.24) is 0 Å². The molecule has 14 heavy (non-hydrogen) atoms. The van der Waals surface area contributed by atoms with Gasteiger partial charge in [-0.25, -0.2) is 0 Å². The van der Waals surface area contributed by atoms with Crippen LogP contribution in [0.25, 0.3) is 5.76 Å². The lowest BCUT2D eigenvalue weighted by Crippen LogP contribution is -1.86. The smallest absolute Gasteiger partial charge is 0.126 e. The minimum atomic E-state index is 0.642. The second-order valence-electron chi connectivity index (χ2n) is 2.59. The van der Waals surface area contributed by atoms with Crippen molar-refractivity contribution in [2.45, 2.75) is 20.8 Å². The molecule has 76 valence electrons. The predicted octanol–water partition coefficient (Wildman–Crippen LogP) is 4.23. The van der Waals surface area contributed by atoms with Gasteiger partial charge in [0.2, 0.25) is 0 Å². The van der Waals surface area contributed by atoms with E-state index in [4.69, 9.17) is 4.74 Å². The Balaban J connectivity index is 0.000000791. The van der Waals surface area contributed by atoms with Crippen LogP contribution in [0.4, 0.5) is 0 Å². The van der Waals surface area contributed by atoms with Crippen molar-refractivity contribution in [3.8, 4) is 0 Å². The lowest BCUT2D eigenvalue weighted by Gasteiger charge is -2.06. The molecule has 0 saturated carbocycles. The van der Waals surface area contributed by atoms with Crippen LogP contribution in [0.5, 0.6) is 0 Å². The fourth-order valence-corrected chi connectivity index (χ4v) is 0.893. The molecule has 0 radical (unpaired) electrons. The van der Waals surface area contributed by atoms with Crippen LogP contribution in [0.1, 0.15) is 26.3 Å². The minimum Gasteiger partial charge on any atom is -0.463 e. The highest BCUT2D eigenvalue weighted by Crippen LogP contribution is 2.15. The summed E-state index contributed by atoms with van der Waals surface area (Å²) in [5, 5.41) is 0. The third-order valence-electron chi connectivity index (χ3n) is 1.39. The zero-order valence-electron chi connectivity index (χ0n) is 9.21. The Morgan fingerprint density at radius 2 is 1.57 bits per heavy atom. The van der Waals surface area contributed by atoms with E-state index < -0.39 is 0 Å². The molecule has 0 bridgehead atoms. The quantitative estimate of drug-likeness (QED) is 0.648. The van der Waals surface area contributed by atoms with Gasteiger partial charge in [-0.15, -0.1) is 0 Å². The number of hydrogen-bond acceptors (Lipinski definition) is 1. The second-order valence-corrected chi connectivity index (χ2v) is 2.59. The van der Waals surface area contributed by atoms with Crippen LogP contribution >= 0.6 is 0 Å². The summed E-state index contributed by atoms with van der Waals surface area (Å²) in [6.07, 6.45) is 0. The monoisotopic (exact) mass is 190 g/mol. The lowest BCUT2D eigenvalue weighted by atomic mass is 10.2. The van der Waals surface area contributed by atoms with E-state index in [2.05, 4.69) is 13.2 Å². The minimum absolute atomic E-state index is 0.642. The molecule has 0 amide bonds. The van der Waals surface area contributed by atoms with Gasteiger partial charge >= 0.3 is 0 Å². The molecule has 0 unspecified atom stereocenters. The van der Waals surface area contributed by atoms with Gasteiger partial charge in [-0.3, -0.25) is 0 Å². The van der Waals surface area contributed by atoms with Gasteiger partial charge in [0.25, 0.3) is 0 Å². The van der Waals surface area contributed by atoms with E-state index in [9.17, 15) is 0 Å². The van der Waals surface area contributed by atoms with Gasteiger partial charge in [0.15, 0.2) is 0 Å². The van der Waals surface area contributed by atoms with Crippen molar-refractivity contribution in [2.24, 2.45) is 0 Å². The Labute approximate surface area is 86.7 Å². The zero-order valence-corrected chi connectivity index (χ0v) is 9.21. The van der Waals surface area contributed by atoms with Crippen molar-refractivity contribution in [2.75, 3.05) is 0 Å². The summed E-state index contributed by atoms with van der Waals surface area (Å²) >= 11 is 0. The van der Waals surface area contributed by atoms with Crippen molar-refractivity contribution in [3.63, 3.8) is 0 Å². The van der Waals surface area contributed by atoms with Crippen molar-refractivity contribution >= 4 is 5.76 Å². The molecule has 0 N–H and O–H groups in total. The fourth-order valence-electron chi connectivity index (χ4n) is 0.893. The Hall–Kier alpha value is -1.50. The molecule has 0 spiro atoms. The molecule has 0 aliphatic carbocycles. The maximum Gasteiger partial charge on any atom is 0.126 e. The number of allylic oxidation sites excluding steroid dienone is 1. The summed E-state index contributed by atoms with van der Waals surface area (Å²) in [5.74, 6) is 1.30. The van der Waals surface area contributed by atoms with Gasteiger partial charge in [-0.1, -0.05) is 57.3 Å². The summed E-state index contributed by atoms with van der Waals surface area (Å²) in [4.78, 5) is 0. The summed E-state index contributed by atoms with van der Waals surface area (Å²) in [6, 6.07) is 9.75. The lowest BCUT2D eigenvalue weighted by molar-refractivity contribution is 0.388.